The Morgan fingerprint density at radius 1 is 1.60 bits per heavy atom. The average molecular weight is 207 g/mol. The third-order valence-corrected chi connectivity index (χ3v) is 1.89. The Balaban J connectivity index is 3.08. The predicted molar refractivity (Wildman–Crippen MR) is 53.2 cm³/mol. The van der Waals surface area contributed by atoms with Gasteiger partial charge >= 0.3 is 5.69 Å². The summed E-state index contributed by atoms with van der Waals surface area (Å²) in [6, 6.07) is 3.66. The zero-order valence-electron chi connectivity index (χ0n) is 7.75. The summed E-state index contributed by atoms with van der Waals surface area (Å²) in [6.07, 6.45) is 4.12. The number of nitro benzene ring substituents is 1. The number of hydrogen-bond acceptors (Lipinski definition) is 4. The Bertz CT molecular complexity index is 422. The van der Waals surface area contributed by atoms with E-state index in [1.165, 1.54) is 6.07 Å². The highest BCUT2D eigenvalue weighted by Crippen LogP contribution is 2.29. The molecule has 1 aromatic rings. The first-order valence-corrected chi connectivity index (χ1v) is 4.15. The lowest BCUT2D eigenvalue weighted by atomic mass is 10.1. The van der Waals surface area contributed by atoms with Crippen molar-refractivity contribution in [2.24, 2.45) is 0 Å². The van der Waals surface area contributed by atoms with Crippen LogP contribution in [0.5, 0.6) is 5.75 Å². The molecule has 78 valence electrons. The Kier molecular flexibility index (Phi) is 3.26. The first kappa shape index (κ1) is 11.0. The van der Waals surface area contributed by atoms with Crippen LogP contribution in [0, 0.1) is 22.5 Å². The number of phenolic OH excluding ortho intramolecular Hbond substituents is 1. The normalized spacial score (nSPS) is 11.7. The lowest BCUT2D eigenvalue weighted by molar-refractivity contribution is -0.386. The van der Waals surface area contributed by atoms with E-state index in [9.17, 15) is 15.2 Å². The molecule has 0 saturated heterocycles. The van der Waals surface area contributed by atoms with Crippen molar-refractivity contribution in [3.63, 3.8) is 0 Å². The van der Waals surface area contributed by atoms with Crippen LogP contribution in [0.2, 0.25) is 0 Å². The van der Waals surface area contributed by atoms with Gasteiger partial charge in [-0.05, 0) is 11.6 Å². The molecule has 15 heavy (non-hydrogen) atoms. The maximum Gasteiger partial charge on any atom is 0.311 e. The zero-order chi connectivity index (χ0) is 11.4. The second-order valence-electron chi connectivity index (χ2n) is 2.93. The molecule has 1 unspecified atom stereocenters. The average Bonchev–Trinajstić information content (AvgIpc) is 2.18. The zero-order valence-corrected chi connectivity index (χ0v) is 7.75. The van der Waals surface area contributed by atoms with E-state index in [1.54, 1.807) is 0 Å². The maximum absolute atomic E-state index is 10.5. The quantitative estimate of drug-likeness (QED) is 0.445. The van der Waals surface area contributed by atoms with Gasteiger partial charge in [0.15, 0.2) is 5.75 Å². The van der Waals surface area contributed by atoms with Crippen molar-refractivity contribution in [2.45, 2.75) is 12.5 Å². The van der Waals surface area contributed by atoms with E-state index in [-0.39, 0.29) is 6.42 Å². The van der Waals surface area contributed by atoms with Gasteiger partial charge < -0.3 is 10.2 Å². The maximum atomic E-state index is 10.5. The van der Waals surface area contributed by atoms with E-state index in [0.717, 1.165) is 12.1 Å². The standard InChI is InChI=1S/C10H9NO4/c1-2-3-9(12)7-4-5-10(13)8(6-7)11(14)15/h1,4-6,9,12-13H,3H2. The Labute approximate surface area is 86.1 Å². The molecule has 0 radical (unpaired) electrons. The largest absolute Gasteiger partial charge is 0.502 e. The Morgan fingerprint density at radius 3 is 2.80 bits per heavy atom. The van der Waals surface area contributed by atoms with Crippen molar-refractivity contribution in [1.29, 1.82) is 0 Å². The molecule has 1 atom stereocenters. The van der Waals surface area contributed by atoms with Gasteiger partial charge in [-0.3, -0.25) is 10.1 Å². The number of aliphatic hydroxyl groups is 1. The van der Waals surface area contributed by atoms with Gasteiger partial charge in [0.1, 0.15) is 0 Å². The molecule has 0 saturated carbocycles. The number of aromatic hydroxyl groups is 1. The summed E-state index contributed by atoms with van der Waals surface area (Å²) in [6.45, 7) is 0. The molecule has 0 bridgehead atoms. The summed E-state index contributed by atoms with van der Waals surface area (Å²) in [5.41, 5.74) is -0.124. The van der Waals surface area contributed by atoms with Crippen LogP contribution in [0.25, 0.3) is 0 Å². The molecule has 1 rings (SSSR count). The van der Waals surface area contributed by atoms with Gasteiger partial charge in [0.05, 0.1) is 11.0 Å². The number of terminal acetylenes is 1. The number of aliphatic hydroxyl groups excluding tert-OH is 1. The smallest absolute Gasteiger partial charge is 0.311 e. The molecule has 2 N–H and O–H groups in total. The molecule has 0 fully saturated rings. The summed E-state index contributed by atoms with van der Waals surface area (Å²) in [4.78, 5) is 9.76. The van der Waals surface area contributed by atoms with Crippen molar-refractivity contribution >= 4 is 5.69 Å². The van der Waals surface area contributed by atoms with Crippen LogP contribution in [0.1, 0.15) is 18.1 Å². The Morgan fingerprint density at radius 2 is 2.27 bits per heavy atom. The summed E-state index contributed by atoms with van der Waals surface area (Å²) < 4.78 is 0. The number of phenols is 1. The minimum absolute atomic E-state index is 0.0714. The van der Waals surface area contributed by atoms with Crippen LogP contribution in [0.3, 0.4) is 0 Å². The van der Waals surface area contributed by atoms with Crippen LogP contribution >= 0.6 is 0 Å². The predicted octanol–water partition coefficient (Wildman–Crippen LogP) is 1.36. The van der Waals surface area contributed by atoms with Crippen LogP contribution in [-0.4, -0.2) is 15.1 Å². The molecule has 0 aliphatic rings. The second kappa shape index (κ2) is 4.44. The number of nitrogens with zero attached hydrogens (tertiary/aromatic N) is 1. The fraction of sp³-hybridized carbons (Fsp3) is 0.200. The van der Waals surface area contributed by atoms with Crippen molar-refractivity contribution < 1.29 is 15.1 Å². The summed E-state index contributed by atoms with van der Waals surface area (Å²) >= 11 is 0. The monoisotopic (exact) mass is 207 g/mol. The number of nitro groups is 1. The molecule has 0 aliphatic carbocycles. The highest BCUT2D eigenvalue weighted by molar-refractivity contribution is 5.48. The molecular weight excluding hydrogens is 198 g/mol. The van der Waals surface area contributed by atoms with Crippen molar-refractivity contribution in [2.75, 3.05) is 0 Å². The van der Waals surface area contributed by atoms with Gasteiger partial charge in [-0.1, -0.05) is 6.07 Å². The minimum atomic E-state index is -0.950. The highest BCUT2D eigenvalue weighted by Gasteiger charge is 2.16. The van der Waals surface area contributed by atoms with E-state index < -0.39 is 22.5 Å². The van der Waals surface area contributed by atoms with Crippen LogP contribution in [-0.2, 0) is 0 Å². The Hall–Kier alpha value is -2.06. The second-order valence-corrected chi connectivity index (χ2v) is 2.93. The lowest BCUT2D eigenvalue weighted by Crippen LogP contribution is -1.97. The molecular formula is C10H9NO4. The first-order valence-electron chi connectivity index (χ1n) is 4.15. The van der Waals surface area contributed by atoms with Crippen molar-refractivity contribution in [3.8, 4) is 18.1 Å². The van der Waals surface area contributed by atoms with Gasteiger partial charge in [0.25, 0.3) is 0 Å². The number of rotatable bonds is 3. The topological polar surface area (TPSA) is 83.6 Å². The summed E-state index contributed by atoms with van der Waals surface area (Å²) in [7, 11) is 0. The van der Waals surface area contributed by atoms with E-state index in [2.05, 4.69) is 5.92 Å². The fourth-order valence-corrected chi connectivity index (χ4v) is 1.12. The van der Waals surface area contributed by atoms with Crippen molar-refractivity contribution in [1.82, 2.24) is 0 Å². The van der Waals surface area contributed by atoms with E-state index in [4.69, 9.17) is 11.5 Å². The van der Waals surface area contributed by atoms with Crippen LogP contribution < -0.4 is 0 Å². The van der Waals surface area contributed by atoms with Gasteiger partial charge in [0.2, 0.25) is 0 Å². The van der Waals surface area contributed by atoms with Gasteiger partial charge in [0, 0.05) is 12.5 Å². The highest BCUT2D eigenvalue weighted by atomic mass is 16.6. The molecule has 1 aromatic carbocycles. The van der Waals surface area contributed by atoms with Gasteiger partial charge in [-0.2, -0.15) is 0 Å². The molecule has 0 aromatic heterocycles. The van der Waals surface area contributed by atoms with E-state index >= 15 is 0 Å². The lowest BCUT2D eigenvalue weighted by Gasteiger charge is -2.07. The minimum Gasteiger partial charge on any atom is -0.502 e. The SMILES string of the molecule is C#CCC(O)c1ccc(O)c([N+](=O)[O-])c1. The summed E-state index contributed by atoms with van der Waals surface area (Å²) in [5.74, 6) is 1.81. The molecule has 5 heteroatoms. The number of hydrogen-bond donors (Lipinski definition) is 2. The van der Waals surface area contributed by atoms with Crippen LogP contribution in [0.15, 0.2) is 18.2 Å². The fourth-order valence-electron chi connectivity index (χ4n) is 1.12. The molecule has 0 amide bonds. The van der Waals surface area contributed by atoms with E-state index in [1.807, 2.05) is 0 Å². The molecule has 0 aliphatic heterocycles. The first-order chi connectivity index (χ1) is 7.06. The molecule has 0 heterocycles. The number of benzene rings is 1. The third-order valence-electron chi connectivity index (χ3n) is 1.89. The van der Waals surface area contributed by atoms with Crippen LogP contribution in [0.4, 0.5) is 5.69 Å². The summed E-state index contributed by atoms with van der Waals surface area (Å²) in [5, 5.41) is 29.1. The third kappa shape index (κ3) is 2.45. The van der Waals surface area contributed by atoms with Crippen molar-refractivity contribution in [3.05, 3.63) is 33.9 Å². The molecule has 0 spiro atoms. The molecule has 5 nitrogen and oxygen atoms in total. The van der Waals surface area contributed by atoms with E-state index in [0.29, 0.717) is 5.56 Å². The van der Waals surface area contributed by atoms with Gasteiger partial charge in [-0.15, -0.1) is 12.3 Å². The van der Waals surface area contributed by atoms with Gasteiger partial charge in [-0.25, -0.2) is 0 Å².